The molecule has 1 aromatic rings. The molecule has 0 bridgehead atoms. The summed E-state index contributed by atoms with van der Waals surface area (Å²) in [4.78, 5) is 0. The maximum Gasteiger partial charge on any atom is 0.148 e. The number of nitrogens with zero attached hydrogens (tertiary/aromatic N) is 2. The molecule has 1 heterocycles. The number of nitrogens with one attached hydrogen (secondary N) is 1. The predicted molar refractivity (Wildman–Crippen MR) is 53.8 cm³/mol. The normalized spacial score (nSPS) is 18.7. The maximum atomic E-state index is 4.37. The molecule has 0 radical (unpaired) electrons. The van der Waals surface area contributed by atoms with Crippen LogP contribution in [0.2, 0.25) is 0 Å². The Balaban J connectivity index is 2.00. The number of aryl methyl sites for hydroxylation is 2. The number of hydrogen-bond donors (Lipinski definition) is 1. The van der Waals surface area contributed by atoms with Gasteiger partial charge in [-0.2, -0.15) is 5.10 Å². The van der Waals surface area contributed by atoms with Crippen LogP contribution in [-0.2, 0) is 7.05 Å². The van der Waals surface area contributed by atoms with E-state index in [4.69, 9.17) is 0 Å². The highest BCUT2D eigenvalue weighted by Crippen LogP contribution is 2.33. The molecule has 0 saturated heterocycles. The zero-order valence-corrected chi connectivity index (χ0v) is 8.54. The van der Waals surface area contributed by atoms with Crippen LogP contribution in [-0.4, -0.2) is 15.8 Å². The zero-order chi connectivity index (χ0) is 9.42. The molecular formula is C10H17N3. The van der Waals surface area contributed by atoms with E-state index in [2.05, 4.69) is 30.3 Å². The van der Waals surface area contributed by atoms with Crippen LogP contribution in [0.1, 0.15) is 25.5 Å². The van der Waals surface area contributed by atoms with E-state index in [0.717, 1.165) is 11.7 Å². The van der Waals surface area contributed by atoms with Crippen molar-refractivity contribution in [1.82, 2.24) is 9.78 Å². The molecule has 13 heavy (non-hydrogen) atoms. The van der Waals surface area contributed by atoms with E-state index >= 15 is 0 Å². The molecule has 1 aliphatic carbocycles. The molecule has 1 aromatic heterocycles. The van der Waals surface area contributed by atoms with E-state index in [1.54, 1.807) is 0 Å². The lowest BCUT2D eigenvalue weighted by molar-refractivity contribution is 0.680. The van der Waals surface area contributed by atoms with E-state index < -0.39 is 0 Å². The minimum absolute atomic E-state index is 0.578. The van der Waals surface area contributed by atoms with Crippen LogP contribution in [0, 0.1) is 12.8 Å². The Morgan fingerprint density at radius 3 is 2.77 bits per heavy atom. The summed E-state index contributed by atoms with van der Waals surface area (Å²) in [5, 5.41) is 7.80. The van der Waals surface area contributed by atoms with Crippen molar-refractivity contribution in [1.29, 1.82) is 0 Å². The molecule has 1 aliphatic rings. The maximum absolute atomic E-state index is 4.37. The second-order valence-corrected chi connectivity index (χ2v) is 4.07. The molecule has 2 rings (SSSR count). The summed E-state index contributed by atoms with van der Waals surface area (Å²) in [5.74, 6) is 1.89. The summed E-state index contributed by atoms with van der Waals surface area (Å²) in [6, 6.07) is 2.67. The smallest absolute Gasteiger partial charge is 0.148 e. The SMILES string of the molecule is Cc1cc(NC(C)C2CC2)nn1C. The Morgan fingerprint density at radius 2 is 2.31 bits per heavy atom. The van der Waals surface area contributed by atoms with Gasteiger partial charge in [0, 0.05) is 24.8 Å². The first-order valence-corrected chi connectivity index (χ1v) is 4.94. The summed E-state index contributed by atoms with van der Waals surface area (Å²) in [5.41, 5.74) is 1.20. The van der Waals surface area contributed by atoms with E-state index in [1.165, 1.54) is 18.5 Å². The van der Waals surface area contributed by atoms with Gasteiger partial charge in [-0.3, -0.25) is 4.68 Å². The summed E-state index contributed by atoms with van der Waals surface area (Å²) in [6.07, 6.45) is 2.75. The third-order valence-electron chi connectivity index (χ3n) is 2.82. The van der Waals surface area contributed by atoms with Crippen molar-refractivity contribution in [2.75, 3.05) is 5.32 Å². The fourth-order valence-corrected chi connectivity index (χ4v) is 1.58. The fraction of sp³-hybridized carbons (Fsp3) is 0.700. The van der Waals surface area contributed by atoms with E-state index in [0.29, 0.717) is 6.04 Å². The van der Waals surface area contributed by atoms with Gasteiger partial charge in [0.15, 0.2) is 0 Å². The minimum atomic E-state index is 0.578. The Morgan fingerprint density at radius 1 is 1.62 bits per heavy atom. The molecule has 72 valence electrons. The van der Waals surface area contributed by atoms with Gasteiger partial charge >= 0.3 is 0 Å². The monoisotopic (exact) mass is 179 g/mol. The number of hydrogen-bond acceptors (Lipinski definition) is 2. The van der Waals surface area contributed by atoms with Crippen LogP contribution >= 0.6 is 0 Å². The van der Waals surface area contributed by atoms with Gasteiger partial charge in [0.1, 0.15) is 5.82 Å². The largest absolute Gasteiger partial charge is 0.366 e. The molecule has 0 amide bonds. The van der Waals surface area contributed by atoms with Crippen LogP contribution < -0.4 is 5.32 Å². The molecule has 0 aliphatic heterocycles. The molecule has 1 unspecified atom stereocenters. The molecule has 0 aromatic carbocycles. The van der Waals surface area contributed by atoms with Gasteiger partial charge < -0.3 is 5.32 Å². The summed E-state index contributed by atoms with van der Waals surface area (Å²) in [6.45, 7) is 4.31. The van der Waals surface area contributed by atoms with Crippen molar-refractivity contribution in [3.8, 4) is 0 Å². The Hall–Kier alpha value is -0.990. The van der Waals surface area contributed by atoms with Gasteiger partial charge in [-0.05, 0) is 32.6 Å². The van der Waals surface area contributed by atoms with Gasteiger partial charge in [0.25, 0.3) is 0 Å². The van der Waals surface area contributed by atoms with Crippen LogP contribution in [0.25, 0.3) is 0 Å². The van der Waals surface area contributed by atoms with Crippen molar-refractivity contribution in [2.24, 2.45) is 13.0 Å². The second kappa shape index (κ2) is 3.05. The van der Waals surface area contributed by atoms with Crippen LogP contribution in [0.3, 0.4) is 0 Å². The molecule has 0 spiro atoms. The van der Waals surface area contributed by atoms with Crippen molar-refractivity contribution in [3.63, 3.8) is 0 Å². The van der Waals surface area contributed by atoms with Crippen LogP contribution in [0.4, 0.5) is 5.82 Å². The average molecular weight is 179 g/mol. The van der Waals surface area contributed by atoms with Crippen molar-refractivity contribution in [2.45, 2.75) is 32.7 Å². The Bertz CT molecular complexity index is 280. The minimum Gasteiger partial charge on any atom is -0.366 e. The van der Waals surface area contributed by atoms with Gasteiger partial charge in [-0.15, -0.1) is 0 Å². The quantitative estimate of drug-likeness (QED) is 0.768. The van der Waals surface area contributed by atoms with E-state index in [1.807, 2.05) is 11.7 Å². The topological polar surface area (TPSA) is 29.9 Å². The zero-order valence-electron chi connectivity index (χ0n) is 8.54. The lowest BCUT2D eigenvalue weighted by Crippen LogP contribution is -2.17. The average Bonchev–Trinajstić information content (AvgIpc) is 2.81. The fourth-order valence-electron chi connectivity index (χ4n) is 1.58. The van der Waals surface area contributed by atoms with E-state index in [9.17, 15) is 0 Å². The molecule has 3 nitrogen and oxygen atoms in total. The van der Waals surface area contributed by atoms with Crippen molar-refractivity contribution in [3.05, 3.63) is 11.8 Å². The summed E-state index contributed by atoms with van der Waals surface area (Å²) in [7, 11) is 1.97. The first-order valence-electron chi connectivity index (χ1n) is 4.94. The number of rotatable bonds is 3. The number of anilines is 1. The van der Waals surface area contributed by atoms with Gasteiger partial charge in [-0.25, -0.2) is 0 Å². The molecule has 3 heteroatoms. The van der Waals surface area contributed by atoms with Crippen molar-refractivity contribution < 1.29 is 0 Å². The van der Waals surface area contributed by atoms with E-state index in [-0.39, 0.29) is 0 Å². The Labute approximate surface area is 79.1 Å². The Kier molecular flexibility index (Phi) is 2.02. The highest BCUT2D eigenvalue weighted by molar-refractivity contribution is 5.36. The van der Waals surface area contributed by atoms with Gasteiger partial charge in [-0.1, -0.05) is 0 Å². The van der Waals surface area contributed by atoms with Crippen LogP contribution in [0.15, 0.2) is 6.07 Å². The van der Waals surface area contributed by atoms with Crippen LogP contribution in [0.5, 0.6) is 0 Å². The molecule has 1 atom stereocenters. The van der Waals surface area contributed by atoms with Gasteiger partial charge in [0.05, 0.1) is 0 Å². The standard InChI is InChI=1S/C10H17N3/c1-7-6-10(12-13(7)3)11-8(2)9-4-5-9/h6,8-9H,4-5H2,1-3H3,(H,11,12). The summed E-state index contributed by atoms with van der Waals surface area (Å²) >= 11 is 0. The molecule has 1 saturated carbocycles. The first-order chi connectivity index (χ1) is 6.16. The second-order valence-electron chi connectivity index (χ2n) is 4.07. The summed E-state index contributed by atoms with van der Waals surface area (Å²) < 4.78 is 1.90. The lowest BCUT2D eigenvalue weighted by atomic mass is 10.2. The van der Waals surface area contributed by atoms with Gasteiger partial charge in [0.2, 0.25) is 0 Å². The lowest BCUT2D eigenvalue weighted by Gasteiger charge is -2.10. The highest BCUT2D eigenvalue weighted by atomic mass is 15.3. The highest BCUT2D eigenvalue weighted by Gasteiger charge is 2.28. The predicted octanol–water partition coefficient (Wildman–Crippen LogP) is 1.94. The first kappa shape index (κ1) is 8.60. The third-order valence-corrected chi connectivity index (χ3v) is 2.82. The molecule has 1 N–H and O–H groups in total. The number of aromatic nitrogens is 2. The third kappa shape index (κ3) is 1.85. The van der Waals surface area contributed by atoms with Crippen molar-refractivity contribution >= 4 is 5.82 Å². The molecular weight excluding hydrogens is 162 g/mol. The molecule has 1 fully saturated rings.